The van der Waals surface area contributed by atoms with Crippen LogP contribution in [0.15, 0.2) is 48.5 Å². The molecule has 5 nitrogen and oxygen atoms in total. The van der Waals surface area contributed by atoms with Gasteiger partial charge >= 0.3 is 0 Å². The molecule has 1 amide bonds. The van der Waals surface area contributed by atoms with Crippen LogP contribution in [-0.2, 0) is 11.3 Å². The molecule has 5 heteroatoms. The maximum Gasteiger partial charge on any atom is 0.227 e. The summed E-state index contributed by atoms with van der Waals surface area (Å²) in [5.41, 5.74) is 1.73. The Hall–Kier alpha value is -2.53. The first kappa shape index (κ1) is 17.3. The fourth-order valence-electron chi connectivity index (χ4n) is 3.16. The molecule has 0 aliphatic carbocycles. The first-order chi connectivity index (χ1) is 12.2. The van der Waals surface area contributed by atoms with Crippen LogP contribution in [0.1, 0.15) is 18.4 Å². The molecule has 0 spiro atoms. The number of carbonyl (C=O) groups is 1. The number of benzene rings is 2. The topological polar surface area (TPSA) is 61.8 Å². The summed E-state index contributed by atoms with van der Waals surface area (Å²) in [7, 11) is 1.67. The first-order valence-electron chi connectivity index (χ1n) is 8.60. The Bertz CT molecular complexity index is 707. The Labute approximate surface area is 148 Å². The van der Waals surface area contributed by atoms with Crippen LogP contribution in [0, 0.1) is 5.92 Å². The van der Waals surface area contributed by atoms with Crippen molar-refractivity contribution in [2.75, 3.05) is 25.5 Å². The highest BCUT2D eigenvalue weighted by Gasteiger charge is 2.25. The molecular weight excluding hydrogens is 316 g/mol. The van der Waals surface area contributed by atoms with Crippen LogP contribution in [0.3, 0.4) is 0 Å². The van der Waals surface area contributed by atoms with Gasteiger partial charge in [-0.15, -0.1) is 0 Å². The molecule has 2 aromatic carbocycles. The molecule has 1 heterocycles. The average molecular weight is 340 g/mol. The summed E-state index contributed by atoms with van der Waals surface area (Å²) in [4.78, 5) is 14.8. The molecule has 2 aromatic rings. The summed E-state index contributed by atoms with van der Waals surface area (Å²) >= 11 is 0. The summed E-state index contributed by atoms with van der Waals surface area (Å²) < 4.78 is 5.18. The lowest BCUT2D eigenvalue weighted by molar-refractivity contribution is -0.121. The number of nitrogens with zero attached hydrogens (tertiary/aromatic N) is 1. The molecule has 2 N–H and O–H groups in total. The number of carbonyl (C=O) groups excluding carboxylic acids is 1. The number of phenolic OH excluding ortho intramolecular Hbond substituents is 1. The fourth-order valence-corrected chi connectivity index (χ4v) is 3.16. The van der Waals surface area contributed by atoms with Gasteiger partial charge in [0.2, 0.25) is 5.91 Å². The zero-order valence-corrected chi connectivity index (χ0v) is 14.4. The normalized spacial score (nSPS) is 15.7. The number of anilines is 1. The number of para-hydroxylation sites is 2. The van der Waals surface area contributed by atoms with Crippen molar-refractivity contribution in [1.29, 1.82) is 0 Å². The lowest BCUT2D eigenvalue weighted by Crippen LogP contribution is -2.37. The third-order valence-corrected chi connectivity index (χ3v) is 4.69. The predicted octanol–water partition coefficient (Wildman–Crippen LogP) is 3.25. The van der Waals surface area contributed by atoms with Crippen LogP contribution >= 0.6 is 0 Å². The fraction of sp³-hybridized carbons (Fsp3) is 0.350. The van der Waals surface area contributed by atoms with E-state index in [1.807, 2.05) is 12.1 Å². The third-order valence-electron chi connectivity index (χ3n) is 4.69. The van der Waals surface area contributed by atoms with Gasteiger partial charge in [-0.2, -0.15) is 0 Å². The largest absolute Gasteiger partial charge is 0.506 e. The highest BCUT2D eigenvalue weighted by atomic mass is 16.5. The van der Waals surface area contributed by atoms with Crippen molar-refractivity contribution in [3.8, 4) is 11.5 Å². The van der Waals surface area contributed by atoms with Gasteiger partial charge in [-0.1, -0.05) is 24.3 Å². The van der Waals surface area contributed by atoms with Gasteiger partial charge in [-0.3, -0.25) is 9.69 Å². The van der Waals surface area contributed by atoms with E-state index in [-0.39, 0.29) is 17.6 Å². The Balaban J connectivity index is 1.49. The number of phenols is 1. The second kappa shape index (κ2) is 8.03. The van der Waals surface area contributed by atoms with Crippen molar-refractivity contribution in [3.05, 3.63) is 54.1 Å². The maximum atomic E-state index is 12.4. The molecule has 0 saturated carbocycles. The van der Waals surface area contributed by atoms with Crippen molar-refractivity contribution in [1.82, 2.24) is 4.90 Å². The summed E-state index contributed by atoms with van der Waals surface area (Å²) in [5, 5.41) is 12.6. The van der Waals surface area contributed by atoms with Gasteiger partial charge in [-0.05, 0) is 55.8 Å². The number of rotatable bonds is 5. The van der Waals surface area contributed by atoms with Crippen LogP contribution in [0.5, 0.6) is 11.5 Å². The first-order valence-corrected chi connectivity index (χ1v) is 8.60. The molecule has 1 fully saturated rings. The number of nitrogens with one attached hydrogen (secondary N) is 1. The number of piperidine rings is 1. The number of amides is 1. The molecule has 0 atom stereocenters. The number of ether oxygens (including phenoxy) is 1. The van der Waals surface area contributed by atoms with Crippen molar-refractivity contribution in [2.45, 2.75) is 19.4 Å². The molecule has 1 aliphatic rings. The van der Waals surface area contributed by atoms with E-state index < -0.39 is 0 Å². The number of hydrogen-bond acceptors (Lipinski definition) is 4. The second-order valence-electron chi connectivity index (χ2n) is 6.40. The number of aromatic hydroxyl groups is 1. The minimum Gasteiger partial charge on any atom is -0.506 e. The van der Waals surface area contributed by atoms with E-state index in [0.717, 1.165) is 38.2 Å². The van der Waals surface area contributed by atoms with Crippen molar-refractivity contribution in [2.24, 2.45) is 5.92 Å². The molecule has 0 aromatic heterocycles. The van der Waals surface area contributed by atoms with Gasteiger partial charge in [-0.25, -0.2) is 0 Å². The van der Waals surface area contributed by atoms with E-state index in [4.69, 9.17) is 4.74 Å². The summed E-state index contributed by atoms with van der Waals surface area (Å²) in [6.45, 7) is 2.67. The van der Waals surface area contributed by atoms with Crippen molar-refractivity contribution in [3.63, 3.8) is 0 Å². The van der Waals surface area contributed by atoms with E-state index in [2.05, 4.69) is 22.3 Å². The van der Waals surface area contributed by atoms with E-state index in [0.29, 0.717) is 5.69 Å². The minimum absolute atomic E-state index is 0.00766. The van der Waals surface area contributed by atoms with Crippen molar-refractivity contribution < 1.29 is 14.6 Å². The molecule has 0 bridgehead atoms. The Morgan fingerprint density at radius 2 is 1.84 bits per heavy atom. The monoisotopic (exact) mass is 340 g/mol. The highest BCUT2D eigenvalue weighted by molar-refractivity contribution is 5.93. The standard InChI is InChI=1S/C20H24N2O3/c1-25-17-8-6-15(7-9-17)14-22-12-10-16(11-13-22)20(24)21-18-4-2-3-5-19(18)23/h2-9,16,23H,10-14H2,1H3,(H,21,24). The van der Waals surface area contributed by atoms with Gasteiger partial charge in [0.25, 0.3) is 0 Å². The quantitative estimate of drug-likeness (QED) is 0.820. The van der Waals surface area contributed by atoms with E-state index in [9.17, 15) is 9.90 Å². The van der Waals surface area contributed by atoms with Gasteiger partial charge in [0.15, 0.2) is 0 Å². The maximum absolute atomic E-state index is 12.4. The number of hydrogen-bond donors (Lipinski definition) is 2. The van der Waals surface area contributed by atoms with Crippen LogP contribution in [0.2, 0.25) is 0 Å². The summed E-state index contributed by atoms with van der Waals surface area (Å²) in [6, 6.07) is 14.9. The van der Waals surface area contributed by atoms with Crippen LogP contribution in [-0.4, -0.2) is 36.1 Å². The third kappa shape index (κ3) is 4.51. The Morgan fingerprint density at radius 1 is 1.16 bits per heavy atom. The van der Waals surface area contributed by atoms with Crippen molar-refractivity contribution >= 4 is 11.6 Å². The molecular formula is C20H24N2O3. The molecule has 1 aliphatic heterocycles. The van der Waals surface area contributed by atoms with E-state index >= 15 is 0 Å². The Morgan fingerprint density at radius 3 is 2.48 bits per heavy atom. The van der Waals surface area contributed by atoms with Gasteiger partial charge in [0.1, 0.15) is 11.5 Å². The Kier molecular flexibility index (Phi) is 5.56. The number of likely N-dealkylation sites (tertiary alicyclic amines) is 1. The van der Waals surface area contributed by atoms with Gasteiger partial charge in [0.05, 0.1) is 12.8 Å². The van der Waals surface area contributed by atoms with Crippen LogP contribution < -0.4 is 10.1 Å². The lowest BCUT2D eigenvalue weighted by atomic mass is 9.95. The highest BCUT2D eigenvalue weighted by Crippen LogP contribution is 2.25. The van der Waals surface area contributed by atoms with Gasteiger partial charge in [0, 0.05) is 12.5 Å². The molecule has 3 rings (SSSR count). The zero-order valence-electron chi connectivity index (χ0n) is 14.4. The van der Waals surface area contributed by atoms with Crippen LogP contribution in [0.25, 0.3) is 0 Å². The lowest BCUT2D eigenvalue weighted by Gasteiger charge is -2.31. The smallest absolute Gasteiger partial charge is 0.227 e. The molecule has 25 heavy (non-hydrogen) atoms. The zero-order chi connectivity index (χ0) is 17.6. The second-order valence-corrected chi connectivity index (χ2v) is 6.40. The molecule has 132 valence electrons. The molecule has 0 unspecified atom stereocenters. The van der Waals surface area contributed by atoms with Gasteiger partial charge < -0.3 is 15.2 Å². The average Bonchev–Trinajstić information content (AvgIpc) is 2.65. The molecule has 0 radical (unpaired) electrons. The molecule has 1 saturated heterocycles. The van der Waals surface area contributed by atoms with E-state index in [1.165, 1.54) is 5.56 Å². The summed E-state index contributed by atoms with van der Waals surface area (Å²) in [6.07, 6.45) is 1.66. The minimum atomic E-state index is -0.00871. The number of methoxy groups -OCH3 is 1. The SMILES string of the molecule is COc1ccc(CN2CCC(C(=O)Nc3ccccc3O)CC2)cc1. The van der Waals surface area contributed by atoms with Crippen LogP contribution in [0.4, 0.5) is 5.69 Å². The van der Waals surface area contributed by atoms with E-state index in [1.54, 1.807) is 31.4 Å². The predicted molar refractivity (Wildman–Crippen MR) is 97.7 cm³/mol. The summed E-state index contributed by atoms with van der Waals surface area (Å²) in [5.74, 6) is 0.952.